The maximum atomic E-state index is 4.36. The van der Waals surface area contributed by atoms with Gasteiger partial charge in [-0.15, -0.1) is 0 Å². The van der Waals surface area contributed by atoms with Gasteiger partial charge in [0.1, 0.15) is 6.33 Å². The molecule has 3 rings (SSSR count). The summed E-state index contributed by atoms with van der Waals surface area (Å²) in [5.74, 6) is 0.901. The lowest BCUT2D eigenvalue weighted by Gasteiger charge is -2.07. The fourth-order valence-corrected chi connectivity index (χ4v) is 1.66. The van der Waals surface area contributed by atoms with Crippen molar-refractivity contribution in [2.45, 2.75) is 0 Å². The minimum atomic E-state index is 0.901. The van der Waals surface area contributed by atoms with Crippen molar-refractivity contribution < 1.29 is 0 Å². The average molecular weight is 210 g/mol. The fraction of sp³-hybridized carbons (Fsp3) is 0. The highest BCUT2D eigenvalue weighted by molar-refractivity contribution is 5.55. The summed E-state index contributed by atoms with van der Waals surface area (Å²) in [6.07, 6.45) is 9.06. The molecule has 4 nitrogen and oxygen atoms in total. The molecule has 0 fully saturated rings. The van der Waals surface area contributed by atoms with E-state index in [2.05, 4.69) is 9.97 Å². The molecular formula is C12H10N4. The molecule has 2 heterocycles. The van der Waals surface area contributed by atoms with Crippen molar-refractivity contribution in [1.29, 1.82) is 0 Å². The Bertz CT molecular complexity index is 566. The lowest BCUT2D eigenvalue weighted by atomic mass is 10.2. The van der Waals surface area contributed by atoms with Gasteiger partial charge < -0.3 is 0 Å². The van der Waals surface area contributed by atoms with Gasteiger partial charge in [0.05, 0.1) is 0 Å². The molecule has 78 valence electrons. The van der Waals surface area contributed by atoms with Crippen LogP contribution in [0.1, 0.15) is 0 Å². The van der Waals surface area contributed by atoms with Crippen LogP contribution in [0.5, 0.6) is 0 Å². The van der Waals surface area contributed by atoms with E-state index >= 15 is 0 Å². The van der Waals surface area contributed by atoms with Gasteiger partial charge in [0.25, 0.3) is 0 Å². The number of rotatable bonds is 2. The van der Waals surface area contributed by atoms with E-state index in [0.29, 0.717) is 0 Å². The molecule has 4 heteroatoms. The van der Waals surface area contributed by atoms with Crippen LogP contribution >= 0.6 is 0 Å². The van der Waals surface area contributed by atoms with E-state index < -0.39 is 0 Å². The summed E-state index contributed by atoms with van der Waals surface area (Å²) in [4.78, 5) is 8.38. The normalized spacial score (nSPS) is 10.5. The monoisotopic (exact) mass is 210 g/mol. The van der Waals surface area contributed by atoms with Gasteiger partial charge in [0.15, 0.2) is 5.82 Å². The first-order valence-corrected chi connectivity index (χ1v) is 5.02. The second-order valence-corrected chi connectivity index (χ2v) is 3.40. The molecule has 0 atom stereocenters. The molecule has 0 N–H and O–H groups in total. The second kappa shape index (κ2) is 3.66. The number of aromatic nitrogens is 4. The highest BCUT2D eigenvalue weighted by Crippen LogP contribution is 2.16. The fourth-order valence-electron chi connectivity index (χ4n) is 1.66. The van der Waals surface area contributed by atoms with Crippen molar-refractivity contribution in [3.63, 3.8) is 0 Å². The molecule has 0 unspecified atom stereocenters. The molecule has 16 heavy (non-hydrogen) atoms. The van der Waals surface area contributed by atoms with E-state index in [-0.39, 0.29) is 0 Å². The van der Waals surface area contributed by atoms with Crippen LogP contribution in [0, 0.1) is 0 Å². The van der Waals surface area contributed by atoms with Crippen LogP contribution in [-0.4, -0.2) is 19.3 Å². The maximum Gasteiger partial charge on any atom is 0.159 e. The van der Waals surface area contributed by atoms with Crippen LogP contribution in [-0.2, 0) is 0 Å². The average Bonchev–Trinajstić information content (AvgIpc) is 3.01. The van der Waals surface area contributed by atoms with Gasteiger partial charge in [0.2, 0.25) is 0 Å². The predicted octanol–water partition coefficient (Wildman–Crippen LogP) is 2.06. The van der Waals surface area contributed by atoms with E-state index in [9.17, 15) is 0 Å². The summed E-state index contributed by atoms with van der Waals surface area (Å²) >= 11 is 0. The lowest BCUT2D eigenvalue weighted by molar-refractivity contribution is 0.665. The van der Waals surface area contributed by atoms with E-state index in [1.54, 1.807) is 18.7 Å². The minimum Gasteiger partial charge on any atom is -0.243 e. The zero-order valence-corrected chi connectivity index (χ0v) is 8.56. The van der Waals surface area contributed by atoms with E-state index in [1.807, 2.05) is 52.1 Å². The number of nitrogens with zero attached hydrogens (tertiary/aromatic N) is 4. The minimum absolute atomic E-state index is 0.901. The summed E-state index contributed by atoms with van der Waals surface area (Å²) in [6, 6.07) is 10.1. The SMILES string of the molecule is c1ccc(-c2nccn2-n2ccnc2)cc1. The van der Waals surface area contributed by atoms with Gasteiger partial charge in [-0.05, 0) is 0 Å². The Morgan fingerprint density at radius 1 is 0.938 bits per heavy atom. The third-order valence-corrected chi connectivity index (χ3v) is 2.39. The summed E-state index contributed by atoms with van der Waals surface area (Å²) in [5.41, 5.74) is 1.08. The quantitative estimate of drug-likeness (QED) is 0.649. The molecule has 0 aliphatic carbocycles. The first kappa shape index (κ1) is 8.91. The Morgan fingerprint density at radius 3 is 2.56 bits per heavy atom. The van der Waals surface area contributed by atoms with Crippen LogP contribution in [0.15, 0.2) is 61.4 Å². The van der Waals surface area contributed by atoms with Crippen LogP contribution in [0.3, 0.4) is 0 Å². The zero-order valence-electron chi connectivity index (χ0n) is 8.56. The van der Waals surface area contributed by atoms with Gasteiger partial charge in [-0.1, -0.05) is 30.3 Å². The summed E-state index contributed by atoms with van der Waals surface area (Å²) in [5, 5.41) is 0. The summed E-state index contributed by atoms with van der Waals surface area (Å²) in [6.45, 7) is 0. The third-order valence-electron chi connectivity index (χ3n) is 2.39. The molecule has 0 saturated carbocycles. The molecule has 1 aromatic carbocycles. The topological polar surface area (TPSA) is 35.6 Å². The molecule has 0 radical (unpaired) electrons. The Morgan fingerprint density at radius 2 is 1.81 bits per heavy atom. The number of hydrogen-bond donors (Lipinski definition) is 0. The molecule has 2 aromatic heterocycles. The van der Waals surface area contributed by atoms with E-state index in [0.717, 1.165) is 11.4 Å². The standard InChI is InChI=1S/C12H10N4/c1-2-4-11(5-3-1)12-14-7-9-16(12)15-8-6-13-10-15/h1-10H. The first-order valence-electron chi connectivity index (χ1n) is 5.02. The molecule has 0 aliphatic rings. The Kier molecular flexibility index (Phi) is 2.04. The number of hydrogen-bond acceptors (Lipinski definition) is 2. The van der Waals surface area contributed by atoms with Crippen LogP contribution in [0.4, 0.5) is 0 Å². The van der Waals surface area contributed by atoms with Gasteiger partial charge in [-0.2, -0.15) is 0 Å². The van der Waals surface area contributed by atoms with Crippen molar-refractivity contribution in [2.75, 3.05) is 0 Å². The Labute approximate surface area is 92.8 Å². The van der Waals surface area contributed by atoms with Crippen molar-refractivity contribution in [1.82, 2.24) is 19.3 Å². The van der Waals surface area contributed by atoms with Crippen molar-refractivity contribution >= 4 is 0 Å². The molecule has 0 amide bonds. The van der Waals surface area contributed by atoms with Crippen molar-refractivity contribution in [3.8, 4) is 11.4 Å². The maximum absolute atomic E-state index is 4.36. The number of benzene rings is 1. The van der Waals surface area contributed by atoms with Crippen molar-refractivity contribution in [2.24, 2.45) is 0 Å². The van der Waals surface area contributed by atoms with Gasteiger partial charge in [-0.25, -0.2) is 19.3 Å². The first-order chi connectivity index (χ1) is 7.95. The van der Waals surface area contributed by atoms with Crippen LogP contribution in [0.25, 0.3) is 11.4 Å². The molecule has 0 aliphatic heterocycles. The molecule has 0 spiro atoms. The second-order valence-electron chi connectivity index (χ2n) is 3.40. The third kappa shape index (κ3) is 1.40. The summed E-state index contributed by atoms with van der Waals surface area (Å²) in [7, 11) is 0. The Balaban J connectivity index is 2.14. The van der Waals surface area contributed by atoms with Crippen molar-refractivity contribution in [3.05, 3.63) is 61.4 Å². The number of imidazole rings is 2. The smallest absolute Gasteiger partial charge is 0.159 e. The van der Waals surface area contributed by atoms with E-state index in [4.69, 9.17) is 0 Å². The van der Waals surface area contributed by atoms with E-state index in [1.165, 1.54) is 0 Å². The van der Waals surface area contributed by atoms with Crippen LogP contribution in [0.2, 0.25) is 0 Å². The molecule has 0 bridgehead atoms. The summed E-state index contributed by atoms with van der Waals surface area (Å²) < 4.78 is 3.83. The highest BCUT2D eigenvalue weighted by atomic mass is 15.5. The van der Waals surface area contributed by atoms with Gasteiger partial charge in [-0.3, -0.25) is 0 Å². The Hall–Kier alpha value is -2.36. The van der Waals surface area contributed by atoms with Gasteiger partial charge >= 0.3 is 0 Å². The highest BCUT2D eigenvalue weighted by Gasteiger charge is 2.05. The zero-order chi connectivity index (χ0) is 10.8. The van der Waals surface area contributed by atoms with Crippen LogP contribution < -0.4 is 0 Å². The van der Waals surface area contributed by atoms with Gasteiger partial charge in [0, 0.05) is 30.4 Å². The molecule has 0 saturated heterocycles. The molecule has 3 aromatic rings. The lowest BCUT2D eigenvalue weighted by Crippen LogP contribution is -2.06. The largest absolute Gasteiger partial charge is 0.243 e. The predicted molar refractivity (Wildman–Crippen MR) is 60.7 cm³/mol. The molecular weight excluding hydrogens is 200 g/mol.